The lowest BCUT2D eigenvalue weighted by Crippen LogP contribution is -2.28. The van der Waals surface area contributed by atoms with E-state index in [0.29, 0.717) is 4.99 Å². The van der Waals surface area contributed by atoms with Crippen LogP contribution in [0.3, 0.4) is 0 Å². The van der Waals surface area contributed by atoms with E-state index in [1.807, 2.05) is 0 Å². The van der Waals surface area contributed by atoms with Gasteiger partial charge >= 0.3 is 0 Å². The van der Waals surface area contributed by atoms with Crippen LogP contribution in [0.4, 0.5) is 0 Å². The Morgan fingerprint density at radius 2 is 2.00 bits per heavy atom. The van der Waals surface area contributed by atoms with E-state index in [1.165, 1.54) is 19.5 Å². The van der Waals surface area contributed by atoms with Gasteiger partial charge in [-0.1, -0.05) is 33.0 Å². The molecule has 0 aliphatic rings. The molecule has 0 aromatic rings. The fraction of sp³-hybridized carbons (Fsp3) is 0.909. The summed E-state index contributed by atoms with van der Waals surface area (Å²) in [6.07, 6.45) is 3.23. The summed E-state index contributed by atoms with van der Waals surface area (Å²) < 4.78 is 0. The first-order valence-corrected chi connectivity index (χ1v) is 5.97. The highest BCUT2D eigenvalue weighted by atomic mass is 32.1. The third kappa shape index (κ3) is 8.45. The monoisotopic (exact) mass is 216 g/mol. The molecular weight excluding hydrogens is 192 g/mol. The fourth-order valence-electron chi connectivity index (χ4n) is 1.53. The van der Waals surface area contributed by atoms with Gasteiger partial charge in [0.1, 0.15) is 0 Å². The van der Waals surface area contributed by atoms with Crippen LogP contribution in [0, 0.1) is 5.92 Å². The summed E-state index contributed by atoms with van der Waals surface area (Å²) >= 11 is 4.84. The van der Waals surface area contributed by atoms with Crippen molar-refractivity contribution in [2.24, 2.45) is 11.7 Å². The highest BCUT2D eigenvalue weighted by Crippen LogP contribution is 2.02. The summed E-state index contributed by atoms with van der Waals surface area (Å²) in [6, 6.07) is 0. The van der Waals surface area contributed by atoms with Crippen LogP contribution in [-0.2, 0) is 0 Å². The van der Waals surface area contributed by atoms with Crippen LogP contribution in [0.25, 0.3) is 0 Å². The third-order valence-corrected chi connectivity index (χ3v) is 2.42. The molecule has 2 N–H and O–H groups in total. The predicted molar refractivity (Wildman–Crippen MR) is 67.6 cm³/mol. The van der Waals surface area contributed by atoms with Crippen molar-refractivity contribution in [1.29, 1.82) is 0 Å². The lowest BCUT2D eigenvalue weighted by molar-refractivity contribution is 0.252. The molecule has 0 aliphatic heterocycles. The standard InChI is InChI=1S/C11H24N2S/c1-4-13(9-10(2)3)8-6-5-7-11(12)14/h10H,4-9H2,1-3H3,(H2,12,14). The zero-order chi connectivity index (χ0) is 11.0. The summed E-state index contributed by atoms with van der Waals surface area (Å²) in [7, 11) is 0. The van der Waals surface area contributed by atoms with Crippen molar-refractivity contribution in [2.75, 3.05) is 19.6 Å². The van der Waals surface area contributed by atoms with Crippen molar-refractivity contribution in [3.8, 4) is 0 Å². The molecule has 0 atom stereocenters. The summed E-state index contributed by atoms with van der Waals surface area (Å²) in [4.78, 5) is 3.14. The van der Waals surface area contributed by atoms with E-state index in [0.717, 1.165) is 25.3 Å². The van der Waals surface area contributed by atoms with Crippen molar-refractivity contribution in [2.45, 2.75) is 40.0 Å². The minimum Gasteiger partial charge on any atom is -0.393 e. The average Bonchev–Trinajstić information content (AvgIpc) is 2.09. The van der Waals surface area contributed by atoms with E-state index >= 15 is 0 Å². The van der Waals surface area contributed by atoms with Crippen LogP contribution in [0.1, 0.15) is 40.0 Å². The molecule has 14 heavy (non-hydrogen) atoms. The van der Waals surface area contributed by atoms with Crippen molar-refractivity contribution in [3.05, 3.63) is 0 Å². The summed E-state index contributed by atoms with van der Waals surface area (Å²) in [6.45, 7) is 10.3. The number of rotatable bonds is 8. The third-order valence-electron chi connectivity index (χ3n) is 2.22. The van der Waals surface area contributed by atoms with Crippen LogP contribution >= 0.6 is 12.2 Å². The predicted octanol–water partition coefficient (Wildman–Crippen LogP) is 2.42. The second-order valence-electron chi connectivity index (χ2n) is 4.21. The van der Waals surface area contributed by atoms with Gasteiger partial charge in [-0.3, -0.25) is 0 Å². The maximum atomic E-state index is 5.44. The summed E-state index contributed by atoms with van der Waals surface area (Å²) in [5, 5.41) is 0. The molecule has 0 heterocycles. The Bertz CT molecular complexity index is 157. The van der Waals surface area contributed by atoms with Gasteiger partial charge < -0.3 is 10.6 Å². The number of nitrogens with two attached hydrogens (primary N) is 1. The molecule has 2 nitrogen and oxygen atoms in total. The minimum absolute atomic E-state index is 0.650. The Morgan fingerprint density at radius 1 is 1.36 bits per heavy atom. The van der Waals surface area contributed by atoms with E-state index < -0.39 is 0 Å². The molecule has 0 saturated heterocycles. The Balaban J connectivity index is 3.47. The molecule has 0 bridgehead atoms. The number of nitrogens with zero attached hydrogens (tertiary/aromatic N) is 1. The van der Waals surface area contributed by atoms with Crippen LogP contribution < -0.4 is 5.73 Å². The summed E-state index contributed by atoms with van der Waals surface area (Å²) in [5.41, 5.74) is 5.44. The molecule has 84 valence electrons. The van der Waals surface area contributed by atoms with Gasteiger partial charge in [0, 0.05) is 6.54 Å². The van der Waals surface area contributed by atoms with Gasteiger partial charge in [0.05, 0.1) is 4.99 Å². The topological polar surface area (TPSA) is 29.3 Å². The van der Waals surface area contributed by atoms with E-state index in [4.69, 9.17) is 18.0 Å². The number of thiocarbonyl (C=S) groups is 1. The average molecular weight is 216 g/mol. The first kappa shape index (κ1) is 13.8. The first-order valence-electron chi connectivity index (χ1n) is 5.57. The highest BCUT2D eigenvalue weighted by molar-refractivity contribution is 7.80. The highest BCUT2D eigenvalue weighted by Gasteiger charge is 2.04. The molecule has 0 radical (unpaired) electrons. The molecule has 0 unspecified atom stereocenters. The molecule has 0 aromatic heterocycles. The van der Waals surface area contributed by atoms with Crippen LogP contribution in [0.15, 0.2) is 0 Å². The van der Waals surface area contributed by atoms with Crippen LogP contribution in [-0.4, -0.2) is 29.5 Å². The van der Waals surface area contributed by atoms with Crippen molar-refractivity contribution < 1.29 is 0 Å². The van der Waals surface area contributed by atoms with Crippen molar-refractivity contribution in [3.63, 3.8) is 0 Å². The van der Waals surface area contributed by atoms with E-state index in [9.17, 15) is 0 Å². The van der Waals surface area contributed by atoms with Gasteiger partial charge in [-0.25, -0.2) is 0 Å². The number of hydrogen-bond donors (Lipinski definition) is 1. The molecular formula is C11H24N2S. The number of unbranched alkanes of at least 4 members (excludes halogenated alkanes) is 1. The maximum absolute atomic E-state index is 5.44. The van der Waals surface area contributed by atoms with Crippen LogP contribution in [0.2, 0.25) is 0 Å². The van der Waals surface area contributed by atoms with Gasteiger partial charge in [0.2, 0.25) is 0 Å². The normalized spacial score (nSPS) is 11.2. The van der Waals surface area contributed by atoms with E-state index in [1.54, 1.807) is 0 Å². The lowest BCUT2D eigenvalue weighted by atomic mass is 10.2. The molecule has 0 rings (SSSR count). The molecule has 0 aliphatic carbocycles. The van der Waals surface area contributed by atoms with Gasteiger partial charge in [0.15, 0.2) is 0 Å². The summed E-state index contributed by atoms with van der Waals surface area (Å²) in [5.74, 6) is 0.755. The van der Waals surface area contributed by atoms with Crippen molar-refractivity contribution in [1.82, 2.24) is 4.90 Å². The maximum Gasteiger partial charge on any atom is 0.0727 e. The van der Waals surface area contributed by atoms with Crippen molar-refractivity contribution >= 4 is 17.2 Å². The Labute approximate surface area is 93.8 Å². The van der Waals surface area contributed by atoms with Gasteiger partial charge in [-0.05, 0) is 38.3 Å². The molecule has 3 heteroatoms. The van der Waals surface area contributed by atoms with Crippen LogP contribution in [0.5, 0.6) is 0 Å². The SMILES string of the molecule is CCN(CCCCC(N)=S)CC(C)C. The minimum atomic E-state index is 0.650. The fourth-order valence-corrected chi connectivity index (χ4v) is 1.67. The molecule has 0 fully saturated rings. The van der Waals surface area contributed by atoms with E-state index in [-0.39, 0.29) is 0 Å². The smallest absolute Gasteiger partial charge is 0.0727 e. The number of hydrogen-bond acceptors (Lipinski definition) is 2. The zero-order valence-corrected chi connectivity index (χ0v) is 10.6. The largest absolute Gasteiger partial charge is 0.393 e. The zero-order valence-electron chi connectivity index (χ0n) is 9.75. The molecule has 0 amide bonds. The Kier molecular flexibility index (Phi) is 8.09. The lowest BCUT2D eigenvalue weighted by Gasteiger charge is -2.22. The second kappa shape index (κ2) is 8.18. The molecule has 0 aromatic carbocycles. The quantitative estimate of drug-likeness (QED) is 0.499. The van der Waals surface area contributed by atoms with Gasteiger partial charge in [0.25, 0.3) is 0 Å². The van der Waals surface area contributed by atoms with E-state index in [2.05, 4.69) is 25.7 Å². The first-order chi connectivity index (χ1) is 6.56. The Morgan fingerprint density at radius 3 is 2.43 bits per heavy atom. The van der Waals surface area contributed by atoms with Gasteiger partial charge in [-0.15, -0.1) is 0 Å². The molecule has 0 saturated carbocycles. The van der Waals surface area contributed by atoms with Gasteiger partial charge in [-0.2, -0.15) is 0 Å². The Hall–Kier alpha value is -0.150. The second-order valence-corrected chi connectivity index (χ2v) is 4.73. The molecule has 0 spiro atoms.